The highest BCUT2D eigenvalue weighted by Gasteiger charge is 2.65. The van der Waals surface area contributed by atoms with Gasteiger partial charge in [0.2, 0.25) is 11.7 Å². The van der Waals surface area contributed by atoms with Crippen molar-refractivity contribution in [3.05, 3.63) is 29.3 Å². The molecule has 168 valence electrons. The van der Waals surface area contributed by atoms with Crippen molar-refractivity contribution in [3.8, 4) is 11.5 Å². The molecule has 4 atom stereocenters. The number of nitrogens with two attached hydrogens (primary N) is 1. The largest absolute Gasteiger partial charge is 0.507 e. The van der Waals surface area contributed by atoms with Crippen LogP contribution in [-0.2, 0) is 20.8 Å². The molecule has 0 aromatic heterocycles. The van der Waals surface area contributed by atoms with Crippen molar-refractivity contribution >= 4 is 39.7 Å². The van der Waals surface area contributed by atoms with Gasteiger partial charge in [0.25, 0.3) is 0 Å². The Kier molecular flexibility index (Phi) is 4.73. The van der Waals surface area contributed by atoms with Gasteiger partial charge in [-0.2, -0.15) is 5.48 Å². The number of nitrogens with one attached hydrogen (secondary N) is 1. The summed E-state index contributed by atoms with van der Waals surface area (Å²) in [7, 11) is 3.47. The van der Waals surface area contributed by atoms with Crippen LogP contribution in [0.4, 0.5) is 5.69 Å². The van der Waals surface area contributed by atoms with E-state index in [1.165, 1.54) is 12.1 Å². The minimum atomic E-state index is -2.90. The molecule has 11 nitrogen and oxygen atoms in total. The third kappa shape index (κ3) is 2.58. The van der Waals surface area contributed by atoms with Gasteiger partial charge in [-0.3, -0.25) is 19.2 Å². The zero-order valence-electron chi connectivity index (χ0n) is 17.1. The van der Waals surface area contributed by atoms with Crippen LogP contribution in [0.3, 0.4) is 0 Å². The summed E-state index contributed by atoms with van der Waals surface area (Å²) in [6.45, 7) is 0. The summed E-state index contributed by atoms with van der Waals surface area (Å²) in [6.07, 6.45) is -0.273. The van der Waals surface area contributed by atoms with Crippen molar-refractivity contribution in [1.82, 2.24) is 5.48 Å². The predicted octanol–water partition coefficient (Wildman–Crippen LogP) is -0.996. The topological polar surface area (TPSA) is 190 Å². The lowest BCUT2D eigenvalue weighted by Gasteiger charge is -2.46. The van der Waals surface area contributed by atoms with E-state index in [9.17, 15) is 39.7 Å². The molecular weight excluding hydrogens is 422 g/mol. The molecular formula is C21H21N3O8. The van der Waals surface area contributed by atoms with Gasteiger partial charge in [-0.05, 0) is 30.2 Å². The van der Waals surface area contributed by atoms with E-state index in [1.54, 1.807) is 30.5 Å². The Morgan fingerprint density at radius 2 is 1.88 bits per heavy atom. The maximum absolute atomic E-state index is 13.4. The van der Waals surface area contributed by atoms with Crippen molar-refractivity contribution in [3.63, 3.8) is 0 Å². The zero-order valence-corrected chi connectivity index (χ0v) is 17.1. The molecule has 0 heterocycles. The number of primary amides is 1. The van der Waals surface area contributed by atoms with Gasteiger partial charge in [0, 0.05) is 31.1 Å². The SMILES string of the molecule is CN(C)c1ccc(O)c2c(O)c3c(cc12)C[C@H]1C(NO)C(=O)C(C(N)=O)C(=O)[C@@]1(O)C3=O. The quantitative estimate of drug-likeness (QED) is 0.253. The lowest BCUT2D eigenvalue weighted by Crippen LogP contribution is -2.71. The molecule has 2 aromatic rings. The van der Waals surface area contributed by atoms with Crippen LogP contribution in [0.2, 0.25) is 0 Å². The summed E-state index contributed by atoms with van der Waals surface area (Å²) >= 11 is 0. The Morgan fingerprint density at radius 1 is 1.22 bits per heavy atom. The number of aliphatic hydroxyl groups is 1. The molecule has 11 heteroatoms. The molecule has 1 fully saturated rings. The van der Waals surface area contributed by atoms with Gasteiger partial charge in [-0.1, -0.05) is 0 Å². The van der Waals surface area contributed by atoms with Gasteiger partial charge in [0.1, 0.15) is 11.5 Å². The second kappa shape index (κ2) is 6.99. The van der Waals surface area contributed by atoms with Crippen LogP contribution in [0.15, 0.2) is 18.2 Å². The smallest absolute Gasteiger partial charge is 0.235 e. The third-order valence-corrected chi connectivity index (χ3v) is 6.40. The highest BCUT2D eigenvalue weighted by atomic mass is 16.5. The Balaban J connectivity index is 2.03. The van der Waals surface area contributed by atoms with E-state index in [2.05, 4.69) is 0 Å². The Bertz CT molecular complexity index is 1220. The number of rotatable bonds is 3. The maximum Gasteiger partial charge on any atom is 0.235 e. The van der Waals surface area contributed by atoms with Gasteiger partial charge in [-0.15, -0.1) is 0 Å². The van der Waals surface area contributed by atoms with Crippen LogP contribution in [0, 0.1) is 11.8 Å². The monoisotopic (exact) mass is 443 g/mol. The maximum atomic E-state index is 13.4. The summed E-state index contributed by atoms with van der Waals surface area (Å²) < 4.78 is 0. The van der Waals surface area contributed by atoms with E-state index >= 15 is 0 Å². The van der Waals surface area contributed by atoms with Crippen molar-refractivity contribution in [2.45, 2.75) is 18.1 Å². The van der Waals surface area contributed by atoms with Crippen LogP contribution in [0.25, 0.3) is 10.8 Å². The summed E-state index contributed by atoms with van der Waals surface area (Å²) in [5.41, 5.74) is 4.33. The van der Waals surface area contributed by atoms with E-state index in [-0.39, 0.29) is 23.1 Å². The number of benzene rings is 2. The van der Waals surface area contributed by atoms with E-state index in [0.29, 0.717) is 11.1 Å². The molecule has 1 amide bonds. The highest BCUT2D eigenvalue weighted by Crippen LogP contribution is 2.48. The molecule has 0 spiro atoms. The average Bonchev–Trinajstić information content (AvgIpc) is 2.70. The second-order valence-electron chi connectivity index (χ2n) is 8.29. The average molecular weight is 443 g/mol. The first-order chi connectivity index (χ1) is 15.0. The summed E-state index contributed by atoms with van der Waals surface area (Å²) in [6, 6.07) is 2.81. The molecule has 0 radical (unpaired) electrons. The number of Topliss-reactive ketones (excluding diaryl/α,β-unsaturated/α-hetero) is 3. The number of carbonyl (C=O) groups is 4. The predicted molar refractivity (Wildman–Crippen MR) is 109 cm³/mol. The first-order valence-electron chi connectivity index (χ1n) is 9.68. The Morgan fingerprint density at radius 3 is 2.44 bits per heavy atom. The van der Waals surface area contributed by atoms with Gasteiger partial charge >= 0.3 is 0 Å². The fourth-order valence-electron chi connectivity index (χ4n) is 4.87. The number of carbonyl (C=O) groups excluding carboxylic acids is 4. The molecule has 1 saturated carbocycles. The van der Waals surface area contributed by atoms with Crippen LogP contribution in [-0.4, -0.2) is 69.5 Å². The minimum Gasteiger partial charge on any atom is -0.507 e. The van der Waals surface area contributed by atoms with Gasteiger partial charge in [0.15, 0.2) is 23.1 Å². The number of anilines is 1. The Hall–Kier alpha value is -3.54. The van der Waals surface area contributed by atoms with E-state index < -0.39 is 58.0 Å². The number of nitrogens with zero attached hydrogens (tertiary/aromatic N) is 1. The number of phenols is 2. The fraction of sp³-hybridized carbons (Fsp3) is 0.333. The number of aromatic hydroxyl groups is 2. The van der Waals surface area contributed by atoms with E-state index in [0.717, 1.165) is 0 Å². The molecule has 0 saturated heterocycles. The van der Waals surface area contributed by atoms with Crippen LogP contribution < -0.4 is 16.1 Å². The van der Waals surface area contributed by atoms with Gasteiger partial charge in [0.05, 0.1) is 17.0 Å². The third-order valence-electron chi connectivity index (χ3n) is 6.40. The Labute approximate surface area is 181 Å². The molecule has 0 aliphatic heterocycles. The van der Waals surface area contributed by atoms with E-state index in [4.69, 9.17) is 5.73 Å². The minimum absolute atomic E-state index is 0.0621. The van der Waals surface area contributed by atoms with Crippen molar-refractivity contribution in [2.75, 3.05) is 19.0 Å². The standard InChI is InChI=1S/C21H21N3O8/c1-24(2)10-3-4-11(25)13-8(10)5-7-6-9-15(23-32)17(27)14(20(22)30)19(29)21(9,31)18(28)12(7)16(13)26/h3-5,9,14-15,23,25-26,31-32H,6H2,1-2H3,(H2,22,30)/t9-,14?,15?,21-/m0/s1. The highest BCUT2D eigenvalue weighted by molar-refractivity contribution is 6.33. The summed E-state index contributed by atoms with van der Waals surface area (Å²) in [5.74, 6) is -9.68. The normalized spacial score (nSPS) is 27.2. The molecule has 0 bridgehead atoms. The van der Waals surface area contributed by atoms with Crippen molar-refractivity contribution in [1.29, 1.82) is 0 Å². The van der Waals surface area contributed by atoms with Crippen molar-refractivity contribution < 1.29 is 39.7 Å². The summed E-state index contributed by atoms with van der Waals surface area (Å²) in [4.78, 5) is 52.5. The van der Waals surface area contributed by atoms with Crippen LogP contribution in [0.1, 0.15) is 15.9 Å². The molecule has 7 N–H and O–H groups in total. The molecule has 2 aliphatic rings. The molecule has 32 heavy (non-hydrogen) atoms. The molecule has 2 unspecified atom stereocenters. The lowest BCUT2D eigenvalue weighted by atomic mass is 9.58. The number of hydroxylamine groups is 1. The molecule has 2 aliphatic carbocycles. The van der Waals surface area contributed by atoms with Gasteiger partial charge in [-0.25, -0.2) is 0 Å². The first kappa shape index (κ1) is 21.7. The molecule has 4 rings (SSSR count). The van der Waals surface area contributed by atoms with Crippen LogP contribution >= 0.6 is 0 Å². The van der Waals surface area contributed by atoms with Crippen molar-refractivity contribution in [2.24, 2.45) is 17.6 Å². The number of fused-ring (bicyclic) bond motifs is 3. The fourth-order valence-corrected chi connectivity index (χ4v) is 4.87. The van der Waals surface area contributed by atoms with Crippen LogP contribution in [0.5, 0.6) is 11.5 Å². The number of hydrogen-bond donors (Lipinski definition) is 6. The lowest BCUT2D eigenvalue weighted by molar-refractivity contribution is -0.162. The van der Waals surface area contributed by atoms with Gasteiger partial charge < -0.3 is 31.2 Å². The second-order valence-corrected chi connectivity index (χ2v) is 8.29. The number of hydrogen-bond acceptors (Lipinski definition) is 10. The zero-order chi connectivity index (χ0) is 23.7. The molecule has 2 aromatic carbocycles. The number of phenolic OH excluding ortho intramolecular Hbond substituents is 2. The van der Waals surface area contributed by atoms with E-state index in [1.807, 2.05) is 0 Å². The number of ketones is 3. The number of amides is 1. The summed E-state index contributed by atoms with van der Waals surface area (Å²) in [5, 5.41) is 42.4. The first-order valence-corrected chi connectivity index (χ1v) is 9.68.